The van der Waals surface area contributed by atoms with E-state index in [0.29, 0.717) is 16.9 Å². The SMILES string of the molecule is CC(C)(c1nc2ccccc2nc1-c1ccccc1)[N+](=O)[O-]. The Balaban J connectivity index is 2.35. The molecule has 1 heterocycles. The molecule has 5 nitrogen and oxygen atoms in total. The Morgan fingerprint density at radius 2 is 1.45 bits per heavy atom. The largest absolute Gasteiger partial charge is 0.264 e. The third-order valence-electron chi connectivity index (χ3n) is 3.65. The fourth-order valence-electron chi connectivity index (χ4n) is 2.31. The Kier molecular flexibility index (Phi) is 3.33. The highest BCUT2D eigenvalue weighted by atomic mass is 16.6. The van der Waals surface area contributed by atoms with Gasteiger partial charge in [0.25, 0.3) is 5.54 Å². The molecule has 0 atom stereocenters. The average Bonchev–Trinajstić information content (AvgIpc) is 2.54. The van der Waals surface area contributed by atoms with Gasteiger partial charge in [0.2, 0.25) is 0 Å². The molecular weight excluding hydrogens is 278 g/mol. The van der Waals surface area contributed by atoms with E-state index in [1.165, 1.54) is 0 Å². The molecule has 0 saturated carbocycles. The Morgan fingerprint density at radius 3 is 2.05 bits per heavy atom. The summed E-state index contributed by atoms with van der Waals surface area (Å²) in [7, 11) is 0. The number of para-hydroxylation sites is 2. The fourth-order valence-corrected chi connectivity index (χ4v) is 2.31. The van der Waals surface area contributed by atoms with Gasteiger partial charge < -0.3 is 0 Å². The van der Waals surface area contributed by atoms with Crippen LogP contribution in [0.4, 0.5) is 0 Å². The summed E-state index contributed by atoms with van der Waals surface area (Å²) in [6.07, 6.45) is 0. The normalized spacial score (nSPS) is 11.5. The van der Waals surface area contributed by atoms with Gasteiger partial charge in [-0.25, -0.2) is 9.97 Å². The van der Waals surface area contributed by atoms with Crippen LogP contribution in [0, 0.1) is 10.1 Å². The van der Waals surface area contributed by atoms with Crippen molar-refractivity contribution < 1.29 is 4.92 Å². The monoisotopic (exact) mass is 293 g/mol. The summed E-state index contributed by atoms with van der Waals surface area (Å²) >= 11 is 0. The number of rotatable bonds is 3. The van der Waals surface area contributed by atoms with Crippen molar-refractivity contribution in [2.75, 3.05) is 0 Å². The van der Waals surface area contributed by atoms with Gasteiger partial charge in [-0.1, -0.05) is 42.5 Å². The van der Waals surface area contributed by atoms with Crippen LogP contribution < -0.4 is 0 Å². The predicted molar refractivity (Wildman–Crippen MR) is 85.0 cm³/mol. The molecule has 0 saturated heterocycles. The molecule has 3 aromatic rings. The second-order valence-electron chi connectivity index (χ2n) is 5.59. The predicted octanol–water partition coefficient (Wildman–Crippen LogP) is 3.81. The molecule has 0 N–H and O–H groups in total. The molecule has 0 aliphatic rings. The van der Waals surface area contributed by atoms with Crippen molar-refractivity contribution in [2.45, 2.75) is 19.4 Å². The topological polar surface area (TPSA) is 68.9 Å². The molecule has 22 heavy (non-hydrogen) atoms. The van der Waals surface area contributed by atoms with Crippen molar-refractivity contribution in [3.8, 4) is 11.3 Å². The zero-order chi connectivity index (χ0) is 15.7. The first-order valence-electron chi connectivity index (χ1n) is 6.97. The van der Waals surface area contributed by atoms with Crippen molar-refractivity contribution in [1.29, 1.82) is 0 Å². The minimum absolute atomic E-state index is 0.321. The maximum absolute atomic E-state index is 11.5. The Hall–Kier alpha value is -2.82. The van der Waals surface area contributed by atoms with E-state index < -0.39 is 5.54 Å². The van der Waals surface area contributed by atoms with Crippen molar-refractivity contribution in [1.82, 2.24) is 9.97 Å². The molecule has 0 unspecified atom stereocenters. The van der Waals surface area contributed by atoms with Gasteiger partial charge in [-0.15, -0.1) is 0 Å². The number of aromatic nitrogens is 2. The molecule has 3 rings (SSSR count). The van der Waals surface area contributed by atoms with Gasteiger partial charge in [0.05, 0.1) is 16.7 Å². The summed E-state index contributed by atoms with van der Waals surface area (Å²) in [5.41, 5.74) is 1.83. The number of nitro groups is 1. The minimum atomic E-state index is -1.32. The second-order valence-corrected chi connectivity index (χ2v) is 5.59. The first-order chi connectivity index (χ1) is 10.5. The number of nitrogens with zero attached hydrogens (tertiary/aromatic N) is 3. The summed E-state index contributed by atoms with van der Waals surface area (Å²) in [6.45, 7) is 3.11. The molecule has 0 radical (unpaired) electrons. The lowest BCUT2D eigenvalue weighted by atomic mass is 9.95. The minimum Gasteiger partial charge on any atom is -0.264 e. The molecule has 0 amide bonds. The highest BCUT2D eigenvalue weighted by Gasteiger charge is 2.38. The van der Waals surface area contributed by atoms with Crippen LogP contribution in [0.5, 0.6) is 0 Å². The van der Waals surface area contributed by atoms with Gasteiger partial charge in [0, 0.05) is 24.3 Å². The van der Waals surface area contributed by atoms with Crippen LogP contribution in [0.15, 0.2) is 54.6 Å². The van der Waals surface area contributed by atoms with Crippen LogP contribution in [-0.2, 0) is 5.54 Å². The van der Waals surface area contributed by atoms with Crippen molar-refractivity contribution in [3.05, 3.63) is 70.4 Å². The number of hydrogen-bond donors (Lipinski definition) is 0. The van der Waals surface area contributed by atoms with E-state index in [1.54, 1.807) is 13.8 Å². The second kappa shape index (κ2) is 5.18. The third-order valence-corrected chi connectivity index (χ3v) is 3.65. The Bertz CT molecular complexity index is 845. The summed E-state index contributed by atoms with van der Waals surface area (Å²) in [4.78, 5) is 20.3. The van der Waals surface area contributed by atoms with Gasteiger partial charge in [0.15, 0.2) is 0 Å². The van der Waals surface area contributed by atoms with Crippen molar-refractivity contribution >= 4 is 11.0 Å². The molecule has 0 aliphatic carbocycles. The van der Waals surface area contributed by atoms with E-state index in [2.05, 4.69) is 9.97 Å². The summed E-state index contributed by atoms with van der Waals surface area (Å²) in [6, 6.07) is 16.8. The van der Waals surface area contributed by atoms with Gasteiger partial charge >= 0.3 is 0 Å². The average molecular weight is 293 g/mol. The van der Waals surface area contributed by atoms with Gasteiger partial charge in [-0.2, -0.15) is 0 Å². The van der Waals surface area contributed by atoms with Gasteiger partial charge in [0.1, 0.15) is 5.69 Å². The van der Waals surface area contributed by atoms with Crippen LogP contribution in [0.1, 0.15) is 19.5 Å². The van der Waals surface area contributed by atoms with E-state index in [-0.39, 0.29) is 4.92 Å². The lowest BCUT2D eigenvalue weighted by Gasteiger charge is -2.18. The molecule has 0 fully saturated rings. The molecule has 1 aromatic heterocycles. The standard InChI is InChI=1S/C17H15N3O2/c1-17(2,20(21)22)16-15(12-8-4-3-5-9-12)18-13-10-6-7-11-14(13)19-16/h3-11H,1-2H3. The van der Waals surface area contributed by atoms with E-state index in [9.17, 15) is 10.1 Å². The zero-order valence-electron chi connectivity index (χ0n) is 12.4. The first kappa shape index (κ1) is 14.1. The van der Waals surface area contributed by atoms with E-state index in [1.807, 2.05) is 54.6 Å². The molecule has 2 aromatic carbocycles. The number of benzene rings is 2. The fraction of sp³-hybridized carbons (Fsp3) is 0.176. The van der Waals surface area contributed by atoms with E-state index in [0.717, 1.165) is 11.1 Å². The molecule has 5 heteroatoms. The molecule has 0 bridgehead atoms. The highest BCUT2D eigenvalue weighted by molar-refractivity contribution is 5.78. The summed E-state index contributed by atoms with van der Waals surface area (Å²) < 4.78 is 0. The lowest BCUT2D eigenvalue weighted by Crippen LogP contribution is -2.30. The van der Waals surface area contributed by atoms with E-state index in [4.69, 9.17) is 0 Å². The summed E-state index contributed by atoms with van der Waals surface area (Å²) in [5.74, 6) is 0. The van der Waals surface area contributed by atoms with Crippen molar-refractivity contribution in [3.63, 3.8) is 0 Å². The molecule has 0 spiro atoms. The van der Waals surface area contributed by atoms with Crippen LogP contribution in [0.2, 0.25) is 0 Å². The maximum atomic E-state index is 11.5. The van der Waals surface area contributed by atoms with Crippen LogP contribution in [0.3, 0.4) is 0 Å². The third kappa shape index (κ3) is 2.30. The molecular formula is C17H15N3O2. The van der Waals surface area contributed by atoms with Crippen LogP contribution in [0.25, 0.3) is 22.3 Å². The maximum Gasteiger partial charge on any atom is 0.260 e. The molecule has 110 valence electrons. The van der Waals surface area contributed by atoms with Gasteiger partial charge in [-0.3, -0.25) is 10.1 Å². The Morgan fingerprint density at radius 1 is 0.909 bits per heavy atom. The first-order valence-corrected chi connectivity index (χ1v) is 6.97. The highest BCUT2D eigenvalue weighted by Crippen LogP contribution is 2.32. The molecule has 0 aliphatic heterocycles. The van der Waals surface area contributed by atoms with Crippen LogP contribution >= 0.6 is 0 Å². The number of fused-ring (bicyclic) bond motifs is 1. The Labute approximate surface area is 127 Å². The summed E-state index contributed by atoms with van der Waals surface area (Å²) in [5, 5.41) is 11.5. The zero-order valence-corrected chi connectivity index (χ0v) is 12.4. The quantitative estimate of drug-likeness (QED) is 0.544. The van der Waals surface area contributed by atoms with Crippen LogP contribution in [-0.4, -0.2) is 14.9 Å². The van der Waals surface area contributed by atoms with Crippen molar-refractivity contribution in [2.24, 2.45) is 0 Å². The number of hydrogen-bond acceptors (Lipinski definition) is 4. The smallest absolute Gasteiger partial charge is 0.260 e. The van der Waals surface area contributed by atoms with E-state index >= 15 is 0 Å². The lowest BCUT2D eigenvalue weighted by molar-refractivity contribution is -0.570. The van der Waals surface area contributed by atoms with Gasteiger partial charge in [-0.05, 0) is 12.1 Å².